The number of fused-ring (bicyclic) bond motifs is 2. The Morgan fingerprint density at radius 1 is 1.30 bits per heavy atom. The van der Waals surface area contributed by atoms with Crippen molar-refractivity contribution in [2.24, 2.45) is 5.73 Å². The number of primary amides is 1. The van der Waals surface area contributed by atoms with Gasteiger partial charge in [-0.3, -0.25) is 0 Å². The molecule has 0 fully saturated rings. The van der Waals surface area contributed by atoms with E-state index in [1.54, 1.807) is 27.7 Å². The van der Waals surface area contributed by atoms with E-state index in [2.05, 4.69) is 9.72 Å². The van der Waals surface area contributed by atoms with Gasteiger partial charge in [0.2, 0.25) is 0 Å². The van der Waals surface area contributed by atoms with Gasteiger partial charge in [0.1, 0.15) is 5.60 Å². The standard InChI is InChI=1S/C10H6FN.C5H11NO2/c1-5-9(11)8-6-3-2-4-7(8)10(6)12-5;1-5(2,3)8-4(6)7/h2-4H,1H3;1-3H3,(H2,6,7). The normalized spacial score (nSPS) is 11.7. The number of aryl methyl sites for hydroxylation is 1. The number of rotatable bonds is 0. The number of para-hydroxylation sites is 1. The van der Waals surface area contributed by atoms with E-state index in [1.165, 1.54) is 0 Å². The SMILES string of the molecule is CC(C)(C)OC(N)=O.Cc1nc2c3cccc2c3c1F. The van der Waals surface area contributed by atoms with Gasteiger partial charge in [-0.25, -0.2) is 14.2 Å². The van der Waals surface area contributed by atoms with Crippen molar-refractivity contribution in [3.63, 3.8) is 0 Å². The Balaban J connectivity index is 0.000000163. The van der Waals surface area contributed by atoms with Gasteiger partial charge in [-0.05, 0) is 27.7 Å². The minimum Gasteiger partial charge on any atom is -0.444 e. The van der Waals surface area contributed by atoms with E-state index in [0.29, 0.717) is 5.69 Å². The van der Waals surface area contributed by atoms with Crippen LogP contribution in [0.4, 0.5) is 9.18 Å². The summed E-state index contributed by atoms with van der Waals surface area (Å²) in [5.41, 5.74) is 5.74. The van der Waals surface area contributed by atoms with Crippen LogP contribution >= 0.6 is 0 Å². The van der Waals surface area contributed by atoms with E-state index in [0.717, 1.165) is 21.7 Å². The summed E-state index contributed by atoms with van der Waals surface area (Å²) in [6.07, 6.45) is -0.725. The van der Waals surface area contributed by atoms with E-state index in [-0.39, 0.29) is 5.82 Å². The number of hydrogen-bond acceptors (Lipinski definition) is 3. The van der Waals surface area contributed by atoms with Crippen LogP contribution in [0.2, 0.25) is 0 Å². The first-order chi connectivity index (χ1) is 9.20. The van der Waals surface area contributed by atoms with Crippen LogP contribution in [0.15, 0.2) is 18.2 Å². The van der Waals surface area contributed by atoms with Gasteiger partial charge < -0.3 is 10.5 Å². The molecule has 2 heterocycles. The highest BCUT2D eigenvalue weighted by Gasteiger charge is 2.18. The Hall–Kier alpha value is -2.17. The average molecular weight is 276 g/mol. The molecule has 0 spiro atoms. The summed E-state index contributed by atoms with van der Waals surface area (Å²) in [7, 11) is 0. The lowest BCUT2D eigenvalue weighted by molar-refractivity contribution is 0.0600. The van der Waals surface area contributed by atoms with Gasteiger partial charge in [-0.15, -0.1) is 0 Å². The van der Waals surface area contributed by atoms with Crippen LogP contribution in [0.3, 0.4) is 0 Å². The fourth-order valence-corrected chi connectivity index (χ4v) is 2.09. The number of carbonyl (C=O) groups is 1. The largest absolute Gasteiger partial charge is 0.444 e. The Bertz CT molecular complexity index is 704. The number of aromatic nitrogens is 1. The number of pyridine rings is 2. The van der Waals surface area contributed by atoms with Gasteiger partial charge in [0, 0.05) is 16.2 Å². The van der Waals surface area contributed by atoms with Crippen LogP contribution in [0.1, 0.15) is 26.5 Å². The molecule has 0 atom stereocenters. The van der Waals surface area contributed by atoms with Crippen molar-refractivity contribution in [3.05, 3.63) is 29.7 Å². The maximum absolute atomic E-state index is 13.4. The van der Waals surface area contributed by atoms with Gasteiger partial charge in [0.15, 0.2) is 5.82 Å². The third-order valence-corrected chi connectivity index (χ3v) is 2.80. The van der Waals surface area contributed by atoms with Crippen molar-refractivity contribution < 1.29 is 13.9 Å². The third-order valence-electron chi connectivity index (χ3n) is 2.80. The number of nitrogens with two attached hydrogens (primary N) is 1. The molecule has 4 aromatic rings. The van der Waals surface area contributed by atoms with Crippen LogP contribution in [-0.4, -0.2) is 16.7 Å². The maximum Gasteiger partial charge on any atom is 0.405 e. The predicted octanol–water partition coefficient (Wildman–Crippen LogP) is 3.59. The van der Waals surface area contributed by atoms with E-state index in [4.69, 9.17) is 5.73 Å². The number of hydrogen-bond donors (Lipinski definition) is 1. The highest BCUT2D eigenvalue weighted by Crippen LogP contribution is 2.37. The molecular weight excluding hydrogens is 259 g/mol. The van der Waals surface area contributed by atoms with E-state index >= 15 is 0 Å². The zero-order valence-electron chi connectivity index (χ0n) is 12.0. The minimum atomic E-state index is -0.725. The fourth-order valence-electron chi connectivity index (χ4n) is 2.09. The van der Waals surface area contributed by atoms with Crippen molar-refractivity contribution >= 4 is 27.8 Å². The van der Waals surface area contributed by atoms with Crippen LogP contribution in [-0.2, 0) is 4.74 Å². The Labute approximate surface area is 116 Å². The van der Waals surface area contributed by atoms with Crippen molar-refractivity contribution in [1.82, 2.24) is 4.98 Å². The summed E-state index contributed by atoms with van der Waals surface area (Å²) in [6.45, 7) is 6.99. The molecular formula is C15H17FN2O2. The van der Waals surface area contributed by atoms with Crippen molar-refractivity contribution in [1.29, 1.82) is 0 Å². The molecule has 106 valence electrons. The molecule has 5 heteroatoms. The molecule has 0 radical (unpaired) electrons. The third kappa shape index (κ3) is 2.57. The number of amides is 1. The molecule has 2 aromatic heterocycles. The lowest BCUT2D eigenvalue weighted by atomic mass is 9.95. The second-order valence-electron chi connectivity index (χ2n) is 5.62. The topological polar surface area (TPSA) is 65.2 Å². The first-order valence-electron chi connectivity index (χ1n) is 6.28. The molecule has 4 rings (SSSR count). The first kappa shape index (κ1) is 14.2. The number of benzene rings is 2. The summed E-state index contributed by atoms with van der Waals surface area (Å²) in [5.74, 6) is -0.157. The summed E-state index contributed by atoms with van der Waals surface area (Å²) in [4.78, 5) is 14.2. The van der Waals surface area contributed by atoms with Gasteiger partial charge in [0.25, 0.3) is 0 Å². The summed E-state index contributed by atoms with van der Waals surface area (Å²) in [5, 5.41) is 2.70. The maximum atomic E-state index is 13.4. The minimum absolute atomic E-state index is 0.157. The molecule has 0 aliphatic carbocycles. The van der Waals surface area contributed by atoms with E-state index in [9.17, 15) is 9.18 Å². The lowest BCUT2D eigenvalue weighted by Gasteiger charge is -2.16. The monoisotopic (exact) mass is 276 g/mol. The molecule has 0 saturated heterocycles. The van der Waals surface area contributed by atoms with Gasteiger partial charge in [-0.1, -0.05) is 18.2 Å². The van der Waals surface area contributed by atoms with Gasteiger partial charge in [-0.2, -0.15) is 0 Å². The summed E-state index contributed by atoms with van der Waals surface area (Å²) < 4.78 is 17.9. The van der Waals surface area contributed by atoms with Crippen molar-refractivity contribution in [2.45, 2.75) is 33.3 Å². The highest BCUT2D eigenvalue weighted by atomic mass is 19.1. The summed E-state index contributed by atoms with van der Waals surface area (Å²) >= 11 is 0. The number of nitrogens with zero attached hydrogens (tertiary/aromatic N) is 1. The Morgan fingerprint density at radius 2 is 1.85 bits per heavy atom. The quantitative estimate of drug-likeness (QED) is 0.682. The van der Waals surface area contributed by atoms with Crippen LogP contribution in [0.25, 0.3) is 21.7 Å². The molecule has 0 saturated carbocycles. The molecule has 0 unspecified atom stereocenters. The van der Waals surface area contributed by atoms with E-state index in [1.807, 2.05) is 18.2 Å². The molecule has 2 N–H and O–H groups in total. The summed E-state index contributed by atoms with van der Waals surface area (Å²) in [6, 6.07) is 5.75. The molecule has 20 heavy (non-hydrogen) atoms. The van der Waals surface area contributed by atoms with E-state index < -0.39 is 11.7 Å². The first-order valence-corrected chi connectivity index (χ1v) is 6.28. The molecule has 0 aliphatic rings. The Kier molecular flexibility index (Phi) is 3.38. The van der Waals surface area contributed by atoms with Gasteiger partial charge in [0.05, 0.1) is 11.2 Å². The predicted molar refractivity (Wildman–Crippen MR) is 76.7 cm³/mol. The highest BCUT2D eigenvalue weighted by molar-refractivity contribution is 6.24. The average Bonchev–Trinajstić information content (AvgIpc) is 2.31. The van der Waals surface area contributed by atoms with Crippen LogP contribution < -0.4 is 5.73 Å². The molecule has 2 aromatic carbocycles. The zero-order valence-corrected chi connectivity index (χ0v) is 12.0. The number of carbonyl (C=O) groups excluding carboxylic acids is 1. The number of halogens is 1. The Morgan fingerprint density at radius 3 is 2.20 bits per heavy atom. The lowest BCUT2D eigenvalue weighted by Crippen LogP contribution is -2.27. The molecule has 4 nitrogen and oxygen atoms in total. The smallest absolute Gasteiger partial charge is 0.405 e. The van der Waals surface area contributed by atoms with Crippen molar-refractivity contribution in [3.8, 4) is 0 Å². The molecule has 0 aliphatic heterocycles. The number of ether oxygens (including phenoxy) is 1. The van der Waals surface area contributed by atoms with Crippen LogP contribution in [0.5, 0.6) is 0 Å². The van der Waals surface area contributed by atoms with Crippen LogP contribution in [0, 0.1) is 12.7 Å². The fraction of sp³-hybridized carbons (Fsp3) is 0.333. The zero-order chi connectivity index (χ0) is 15.1. The molecule has 4 bridgehead atoms. The second kappa shape index (κ2) is 4.74. The van der Waals surface area contributed by atoms with Crippen molar-refractivity contribution in [2.75, 3.05) is 0 Å². The molecule has 1 amide bonds. The second-order valence-corrected chi connectivity index (χ2v) is 5.62. The van der Waals surface area contributed by atoms with Gasteiger partial charge >= 0.3 is 6.09 Å².